The fourth-order valence-electron chi connectivity index (χ4n) is 5.56. The van der Waals surface area contributed by atoms with E-state index < -0.39 is 62.5 Å². The Morgan fingerprint density at radius 2 is 1.70 bits per heavy atom. The van der Waals surface area contributed by atoms with E-state index in [4.69, 9.17) is 37.1 Å². The minimum absolute atomic E-state index is 0.0423. The molecule has 302 valence electrons. The predicted octanol–water partition coefficient (Wildman–Crippen LogP) is 5.57. The van der Waals surface area contributed by atoms with Crippen LogP contribution in [0.25, 0.3) is 11.0 Å². The summed E-state index contributed by atoms with van der Waals surface area (Å²) in [6, 6.07) is 21.1. The average Bonchev–Trinajstić information content (AvgIpc) is 3.72. The Morgan fingerprint density at radius 3 is 2.39 bits per heavy atom. The van der Waals surface area contributed by atoms with Crippen LogP contribution in [-0.2, 0) is 41.3 Å². The number of nitrogens with zero attached hydrogens (tertiary/aromatic N) is 2. The molecule has 5 aromatic rings. The van der Waals surface area contributed by atoms with Crippen LogP contribution < -0.4 is 30.1 Å². The number of benzene rings is 3. The second kappa shape index (κ2) is 17.5. The zero-order valence-electron chi connectivity index (χ0n) is 30.5. The van der Waals surface area contributed by atoms with E-state index in [0.29, 0.717) is 32.6 Å². The van der Waals surface area contributed by atoms with E-state index in [0.717, 1.165) is 12.3 Å². The van der Waals surface area contributed by atoms with Crippen molar-refractivity contribution >= 4 is 36.6 Å². The Morgan fingerprint density at radius 1 is 0.982 bits per heavy atom. The summed E-state index contributed by atoms with van der Waals surface area (Å²) in [7, 11) is -1.62. The first-order valence-electron chi connectivity index (χ1n) is 17.1. The number of nitrogens with one attached hydrogen (secondary N) is 2. The quantitative estimate of drug-likeness (QED) is 0.0822. The molecule has 20 heteroatoms. The topological polar surface area (TPSA) is 208 Å². The Bertz CT molecular complexity index is 2290. The van der Waals surface area contributed by atoms with Crippen LogP contribution in [0.15, 0.2) is 100 Å². The molecule has 17 nitrogen and oxygen atoms in total. The zero-order chi connectivity index (χ0) is 40.7. The minimum atomic E-state index is -4.57. The average molecular weight is 815 g/mol. The third-order valence-corrected chi connectivity index (χ3v) is 10.1. The molecule has 0 spiro atoms. The van der Waals surface area contributed by atoms with Gasteiger partial charge in [-0.3, -0.25) is 19.2 Å². The molecule has 3 N–H and O–H groups in total. The first-order chi connectivity index (χ1) is 27.3. The van der Waals surface area contributed by atoms with Crippen LogP contribution in [0.5, 0.6) is 17.2 Å². The smallest absolute Gasteiger partial charge is 0.459 e. The number of fused-ring (bicyclic) bond motifs is 1. The molecule has 5 atom stereocenters. The molecular formula is C37H37F2N4O13P. The molecule has 1 aliphatic heterocycles. The van der Waals surface area contributed by atoms with Crippen molar-refractivity contribution in [2.45, 2.75) is 50.5 Å². The van der Waals surface area contributed by atoms with Gasteiger partial charge in [0.05, 0.1) is 20.8 Å². The van der Waals surface area contributed by atoms with Gasteiger partial charge in [-0.1, -0.05) is 48.5 Å². The molecular weight excluding hydrogens is 777 g/mol. The zero-order valence-corrected chi connectivity index (χ0v) is 31.4. The molecule has 3 heterocycles. The summed E-state index contributed by atoms with van der Waals surface area (Å²) in [4.78, 5) is 41.8. The van der Waals surface area contributed by atoms with Crippen LogP contribution in [0.2, 0.25) is 0 Å². The standard InChI is InChI=1S/C37H37F2N4O13P/c1-22(33(45)51-19-23-10-6-4-7-11-23)42-57(48,56-25-12-8-5-9-13-25)53-21-29-32(44)37(38,39)34(55-29)43-15-14-30(40-35(43)46)41-36(47)52-20-27-17-24-16-26(49-2)18-28(50-3)31(24)54-27/h4-18,22,29,32,34,44H,19-21H2,1-3H3,(H,42,48)(H,40,41,46,47)/t22-,29?,32+,34?,57?/m0/s1. The van der Waals surface area contributed by atoms with Gasteiger partial charge in [0.2, 0.25) is 6.23 Å². The van der Waals surface area contributed by atoms with Crippen LogP contribution in [0.3, 0.4) is 0 Å². The first kappa shape index (κ1) is 40.8. The van der Waals surface area contributed by atoms with E-state index in [9.17, 15) is 24.1 Å². The number of ether oxygens (including phenoxy) is 5. The number of alkyl halides is 2. The molecule has 0 aliphatic carbocycles. The van der Waals surface area contributed by atoms with Gasteiger partial charge in [-0.05, 0) is 42.8 Å². The number of rotatable bonds is 16. The largest absolute Gasteiger partial charge is 0.497 e. The summed E-state index contributed by atoms with van der Waals surface area (Å²) in [6.07, 6.45) is -7.01. The number of hydrogen-bond acceptors (Lipinski definition) is 14. The molecule has 1 aliphatic rings. The first-order valence-corrected chi connectivity index (χ1v) is 18.7. The highest BCUT2D eigenvalue weighted by atomic mass is 31.2. The molecule has 1 fully saturated rings. The maximum Gasteiger partial charge on any atom is 0.459 e. The number of methoxy groups -OCH3 is 2. The molecule has 0 radical (unpaired) electrons. The predicted molar refractivity (Wildman–Crippen MR) is 196 cm³/mol. The Kier molecular flexibility index (Phi) is 12.5. The second-order valence-electron chi connectivity index (χ2n) is 12.5. The fraction of sp³-hybridized carbons (Fsp3) is 0.297. The molecule has 6 rings (SSSR count). The summed E-state index contributed by atoms with van der Waals surface area (Å²) >= 11 is 0. The van der Waals surface area contributed by atoms with Crippen molar-refractivity contribution in [2.75, 3.05) is 26.1 Å². The monoisotopic (exact) mass is 814 g/mol. The van der Waals surface area contributed by atoms with E-state index in [-0.39, 0.29) is 30.5 Å². The molecule has 1 saturated heterocycles. The van der Waals surface area contributed by atoms with Gasteiger partial charge in [0, 0.05) is 17.6 Å². The lowest BCUT2D eigenvalue weighted by molar-refractivity contribution is -0.146. The number of aromatic nitrogens is 2. The highest BCUT2D eigenvalue weighted by Gasteiger charge is 2.60. The molecule has 1 amide bonds. The van der Waals surface area contributed by atoms with Crippen molar-refractivity contribution in [2.24, 2.45) is 0 Å². The van der Waals surface area contributed by atoms with Gasteiger partial charge in [-0.15, -0.1) is 0 Å². The van der Waals surface area contributed by atoms with Crippen LogP contribution in [-0.4, -0.2) is 71.7 Å². The molecule has 3 aromatic carbocycles. The maximum absolute atomic E-state index is 15.5. The number of furan rings is 1. The van der Waals surface area contributed by atoms with Crippen LogP contribution in [0.1, 0.15) is 24.5 Å². The summed E-state index contributed by atoms with van der Waals surface area (Å²) in [6.45, 7) is -0.0323. The number of esters is 1. The van der Waals surface area contributed by atoms with Crippen molar-refractivity contribution < 1.29 is 65.2 Å². The fourth-order valence-corrected chi connectivity index (χ4v) is 7.06. The lowest BCUT2D eigenvalue weighted by Crippen LogP contribution is -2.42. The lowest BCUT2D eigenvalue weighted by atomic mass is 10.1. The third-order valence-electron chi connectivity index (χ3n) is 8.41. The molecule has 0 bridgehead atoms. The number of carbonyl (C=O) groups is 2. The van der Waals surface area contributed by atoms with E-state index in [1.807, 2.05) is 0 Å². The van der Waals surface area contributed by atoms with Crippen LogP contribution in [0, 0.1) is 0 Å². The van der Waals surface area contributed by atoms with Crippen molar-refractivity contribution in [1.82, 2.24) is 14.6 Å². The summed E-state index contributed by atoms with van der Waals surface area (Å²) in [5.41, 5.74) is -0.195. The van der Waals surface area contributed by atoms with Gasteiger partial charge < -0.3 is 37.7 Å². The number of carbonyl (C=O) groups excluding carboxylic acids is 2. The molecule has 2 aromatic heterocycles. The van der Waals surface area contributed by atoms with E-state index >= 15 is 8.78 Å². The van der Waals surface area contributed by atoms with Gasteiger partial charge in [0.25, 0.3) is 0 Å². The Labute approximate surface area is 322 Å². The normalized spacial score (nSPS) is 18.9. The Hall–Kier alpha value is -5.85. The summed E-state index contributed by atoms with van der Waals surface area (Å²) in [5, 5.41) is 15.9. The lowest BCUT2D eigenvalue weighted by Gasteiger charge is -2.24. The molecule has 57 heavy (non-hydrogen) atoms. The SMILES string of the molecule is COc1cc(OC)c2oc(COC(=O)Nc3ccn(C4OC(COP(=O)(N[C@@H](C)C(=O)OCc5ccccc5)Oc5ccccc5)[C@@H](O)C4(F)F)c(=O)n3)cc2c1. The number of amides is 1. The van der Waals surface area contributed by atoms with Gasteiger partial charge in [0.1, 0.15) is 41.8 Å². The summed E-state index contributed by atoms with van der Waals surface area (Å²) < 4.78 is 88.3. The van der Waals surface area contributed by atoms with E-state index in [1.165, 1.54) is 33.3 Å². The van der Waals surface area contributed by atoms with Crippen molar-refractivity contribution in [3.63, 3.8) is 0 Å². The van der Waals surface area contributed by atoms with Crippen molar-refractivity contribution in [1.29, 1.82) is 0 Å². The maximum atomic E-state index is 15.5. The van der Waals surface area contributed by atoms with E-state index in [1.54, 1.807) is 66.7 Å². The number of para-hydroxylation sites is 1. The number of anilines is 1. The number of aliphatic hydroxyl groups is 1. The van der Waals surface area contributed by atoms with Gasteiger partial charge in [-0.25, -0.2) is 14.2 Å². The van der Waals surface area contributed by atoms with E-state index in [2.05, 4.69) is 15.4 Å². The minimum Gasteiger partial charge on any atom is -0.497 e. The van der Waals surface area contributed by atoms with Crippen LogP contribution >= 0.6 is 7.75 Å². The van der Waals surface area contributed by atoms with Gasteiger partial charge >= 0.3 is 31.4 Å². The van der Waals surface area contributed by atoms with Crippen molar-refractivity contribution in [3.05, 3.63) is 113 Å². The summed E-state index contributed by atoms with van der Waals surface area (Å²) in [5.74, 6) is -4.06. The second-order valence-corrected chi connectivity index (χ2v) is 14.1. The van der Waals surface area contributed by atoms with Gasteiger partial charge in [-0.2, -0.15) is 18.9 Å². The highest BCUT2D eigenvalue weighted by molar-refractivity contribution is 7.52. The number of aliphatic hydroxyl groups excluding tert-OH is 1. The molecule has 3 unspecified atom stereocenters. The number of halogens is 2. The number of hydrogen-bond donors (Lipinski definition) is 3. The molecule has 0 saturated carbocycles. The van der Waals surface area contributed by atoms with Gasteiger partial charge in [0.15, 0.2) is 24.0 Å². The Balaban J connectivity index is 1.08. The van der Waals surface area contributed by atoms with Crippen LogP contribution in [0.4, 0.5) is 19.4 Å². The highest BCUT2D eigenvalue weighted by Crippen LogP contribution is 2.48. The van der Waals surface area contributed by atoms with Crippen molar-refractivity contribution in [3.8, 4) is 17.2 Å². The third kappa shape index (κ3) is 9.76.